The Morgan fingerprint density at radius 3 is 3.15 bits per heavy atom. The third-order valence-electron chi connectivity index (χ3n) is 2.70. The lowest BCUT2D eigenvalue weighted by molar-refractivity contribution is 0.157. The van der Waals surface area contributed by atoms with Gasteiger partial charge in [-0.05, 0) is 19.1 Å². The second-order valence-electron chi connectivity index (χ2n) is 4.70. The lowest BCUT2D eigenvalue weighted by atomic mass is 10.3. The van der Waals surface area contributed by atoms with Crippen molar-refractivity contribution in [1.82, 2.24) is 14.7 Å². The fourth-order valence-electron chi connectivity index (χ4n) is 1.80. The van der Waals surface area contributed by atoms with Crippen LogP contribution in [0.2, 0.25) is 0 Å². The van der Waals surface area contributed by atoms with Crippen molar-refractivity contribution in [1.29, 1.82) is 0 Å². The van der Waals surface area contributed by atoms with Gasteiger partial charge in [0.2, 0.25) is 0 Å². The number of pyridine rings is 1. The first-order valence-electron chi connectivity index (χ1n) is 6.57. The summed E-state index contributed by atoms with van der Waals surface area (Å²) >= 11 is 0. The molecule has 0 radical (unpaired) electrons. The molecule has 0 atom stereocenters. The molecule has 0 saturated carbocycles. The summed E-state index contributed by atoms with van der Waals surface area (Å²) in [6.45, 7) is 8.15. The van der Waals surface area contributed by atoms with Gasteiger partial charge in [-0.15, -0.1) is 0 Å². The number of ether oxygens (including phenoxy) is 1. The highest BCUT2D eigenvalue weighted by Crippen LogP contribution is 1.98. The van der Waals surface area contributed by atoms with Crippen LogP contribution < -0.4 is 10.9 Å². The minimum absolute atomic E-state index is 0.0640. The van der Waals surface area contributed by atoms with E-state index in [1.807, 2.05) is 25.1 Å². The van der Waals surface area contributed by atoms with Crippen LogP contribution in [0.25, 0.3) is 5.65 Å². The smallest absolute Gasteiger partial charge is 0.258 e. The maximum absolute atomic E-state index is 11.9. The SMILES string of the molecule is C=C(C)COCCNCc1cc(=O)n2ccccc2n1. The molecule has 0 unspecified atom stereocenters. The second-order valence-corrected chi connectivity index (χ2v) is 4.70. The lowest BCUT2D eigenvalue weighted by Gasteiger charge is -2.06. The van der Waals surface area contributed by atoms with Crippen molar-refractivity contribution >= 4 is 5.65 Å². The van der Waals surface area contributed by atoms with Gasteiger partial charge in [0, 0.05) is 25.4 Å². The quantitative estimate of drug-likeness (QED) is 0.611. The standard InChI is InChI=1S/C15H19N3O2/c1-12(2)11-20-8-6-16-10-13-9-15(19)18-7-4-3-5-14(18)17-13/h3-5,7,9,16H,1,6,8,10-11H2,2H3. The van der Waals surface area contributed by atoms with E-state index < -0.39 is 0 Å². The van der Waals surface area contributed by atoms with Crippen LogP contribution in [0.3, 0.4) is 0 Å². The van der Waals surface area contributed by atoms with Crippen LogP contribution in [0, 0.1) is 0 Å². The van der Waals surface area contributed by atoms with E-state index in [2.05, 4.69) is 16.9 Å². The lowest BCUT2D eigenvalue weighted by Crippen LogP contribution is -2.22. The molecular formula is C15H19N3O2. The molecule has 106 valence electrons. The minimum atomic E-state index is -0.0640. The maximum Gasteiger partial charge on any atom is 0.258 e. The number of hydrogen-bond acceptors (Lipinski definition) is 4. The number of rotatable bonds is 7. The van der Waals surface area contributed by atoms with E-state index in [4.69, 9.17) is 4.74 Å². The predicted molar refractivity (Wildman–Crippen MR) is 78.8 cm³/mol. The van der Waals surface area contributed by atoms with Gasteiger partial charge in [-0.1, -0.05) is 18.2 Å². The number of hydrogen-bond donors (Lipinski definition) is 1. The van der Waals surface area contributed by atoms with Crippen LogP contribution in [-0.4, -0.2) is 29.1 Å². The molecule has 2 heterocycles. The molecule has 1 N–H and O–H groups in total. The molecule has 2 aromatic heterocycles. The highest BCUT2D eigenvalue weighted by molar-refractivity contribution is 5.37. The summed E-state index contributed by atoms with van der Waals surface area (Å²) in [7, 11) is 0. The van der Waals surface area contributed by atoms with Gasteiger partial charge >= 0.3 is 0 Å². The molecular weight excluding hydrogens is 254 g/mol. The molecule has 0 aliphatic heterocycles. The van der Waals surface area contributed by atoms with E-state index in [1.54, 1.807) is 12.3 Å². The van der Waals surface area contributed by atoms with Gasteiger partial charge in [0.25, 0.3) is 5.56 Å². The first-order chi connectivity index (χ1) is 9.66. The van der Waals surface area contributed by atoms with Crippen molar-refractivity contribution in [3.05, 3.63) is 58.7 Å². The minimum Gasteiger partial charge on any atom is -0.376 e. The van der Waals surface area contributed by atoms with E-state index in [1.165, 1.54) is 4.40 Å². The van der Waals surface area contributed by atoms with Gasteiger partial charge in [0.05, 0.1) is 18.9 Å². The second kappa shape index (κ2) is 6.98. The van der Waals surface area contributed by atoms with Gasteiger partial charge in [-0.25, -0.2) is 4.98 Å². The molecule has 0 saturated heterocycles. The Balaban J connectivity index is 1.87. The van der Waals surface area contributed by atoms with E-state index in [0.29, 0.717) is 32.0 Å². The highest BCUT2D eigenvalue weighted by atomic mass is 16.5. The van der Waals surface area contributed by atoms with Gasteiger partial charge in [-0.2, -0.15) is 0 Å². The number of aromatic nitrogens is 2. The maximum atomic E-state index is 11.9. The van der Waals surface area contributed by atoms with Crippen LogP contribution in [0.5, 0.6) is 0 Å². The number of fused-ring (bicyclic) bond motifs is 1. The Bertz CT molecular complexity index is 649. The average molecular weight is 273 g/mol. The summed E-state index contributed by atoms with van der Waals surface area (Å²) in [6.07, 6.45) is 1.72. The van der Waals surface area contributed by atoms with Crippen LogP contribution >= 0.6 is 0 Å². The van der Waals surface area contributed by atoms with E-state index in [0.717, 1.165) is 11.3 Å². The van der Waals surface area contributed by atoms with E-state index in [-0.39, 0.29) is 5.56 Å². The third kappa shape index (κ3) is 4.01. The monoisotopic (exact) mass is 273 g/mol. The number of nitrogens with one attached hydrogen (secondary N) is 1. The third-order valence-corrected chi connectivity index (χ3v) is 2.70. The molecule has 5 nitrogen and oxygen atoms in total. The normalized spacial score (nSPS) is 10.8. The Morgan fingerprint density at radius 2 is 2.35 bits per heavy atom. The zero-order valence-electron chi connectivity index (χ0n) is 11.6. The highest BCUT2D eigenvalue weighted by Gasteiger charge is 2.01. The molecule has 0 spiro atoms. The summed E-state index contributed by atoms with van der Waals surface area (Å²) in [5.41, 5.74) is 2.34. The fraction of sp³-hybridized carbons (Fsp3) is 0.333. The molecule has 0 amide bonds. The average Bonchev–Trinajstić information content (AvgIpc) is 2.42. The van der Waals surface area contributed by atoms with Gasteiger partial charge in [0.15, 0.2) is 0 Å². The largest absolute Gasteiger partial charge is 0.376 e. The molecule has 0 bridgehead atoms. The first kappa shape index (κ1) is 14.4. The molecule has 0 aliphatic carbocycles. The first-order valence-corrected chi connectivity index (χ1v) is 6.57. The topological polar surface area (TPSA) is 55.6 Å². The van der Waals surface area contributed by atoms with E-state index >= 15 is 0 Å². The predicted octanol–water partition coefficient (Wildman–Crippen LogP) is 1.38. The Kier molecular flexibility index (Phi) is 5.03. The van der Waals surface area contributed by atoms with Crippen LogP contribution in [0.4, 0.5) is 0 Å². The zero-order chi connectivity index (χ0) is 14.4. The fourth-order valence-corrected chi connectivity index (χ4v) is 1.80. The van der Waals surface area contributed by atoms with Gasteiger partial charge in [0.1, 0.15) is 5.65 Å². The summed E-state index contributed by atoms with van der Waals surface area (Å²) in [5, 5.41) is 3.20. The van der Waals surface area contributed by atoms with Crippen molar-refractivity contribution in [2.75, 3.05) is 19.8 Å². The van der Waals surface area contributed by atoms with Crippen LogP contribution in [0.1, 0.15) is 12.6 Å². The molecule has 0 fully saturated rings. The molecule has 20 heavy (non-hydrogen) atoms. The molecule has 2 aromatic rings. The van der Waals surface area contributed by atoms with Gasteiger partial charge < -0.3 is 10.1 Å². The van der Waals surface area contributed by atoms with Crippen molar-refractivity contribution in [2.45, 2.75) is 13.5 Å². The number of nitrogens with zero attached hydrogens (tertiary/aromatic N) is 2. The molecule has 2 rings (SSSR count). The molecule has 0 aliphatic rings. The Labute approximate surface area is 117 Å². The van der Waals surface area contributed by atoms with Crippen LogP contribution in [0.15, 0.2) is 47.4 Å². The van der Waals surface area contributed by atoms with Crippen molar-refractivity contribution in [2.24, 2.45) is 0 Å². The Morgan fingerprint density at radius 1 is 1.50 bits per heavy atom. The zero-order valence-corrected chi connectivity index (χ0v) is 11.6. The van der Waals surface area contributed by atoms with Crippen molar-refractivity contribution in [3.8, 4) is 0 Å². The summed E-state index contributed by atoms with van der Waals surface area (Å²) in [5.74, 6) is 0. The summed E-state index contributed by atoms with van der Waals surface area (Å²) < 4.78 is 6.91. The molecule has 5 heteroatoms. The van der Waals surface area contributed by atoms with E-state index in [9.17, 15) is 4.79 Å². The van der Waals surface area contributed by atoms with Gasteiger partial charge in [-0.3, -0.25) is 9.20 Å². The van der Waals surface area contributed by atoms with Crippen molar-refractivity contribution in [3.63, 3.8) is 0 Å². The summed E-state index contributed by atoms with van der Waals surface area (Å²) in [6, 6.07) is 7.05. The Hall–Kier alpha value is -1.98. The van der Waals surface area contributed by atoms with Crippen LogP contribution in [-0.2, 0) is 11.3 Å². The summed E-state index contributed by atoms with van der Waals surface area (Å²) in [4.78, 5) is 16.3. The van der Waals surface area contributed by atoms with Crippen molar-refractivity contribution < 1.29 is 4.74 Å². The molecule has 0 aromatic carbocycles.